The smallest absolute Gasteiger partial charge is 0.416 e. The van der Waals surface area contributed by atoms with Crippen LogP contribution in [0, 0.1) is 0 Å². The van der Waals surface area contributed by atoms with Crippen molar-refractivity contribution in [1.29, 1.82) is 0 Å². The van der Waals surface area contributed by atoms with Crippen LogP contribution in [0.3, 0.4) is 0 Å². The number of halogens is 3. The highest BCUT2D eigenvalue weighted by atomic mass is 19.4. The van der Waals surface area contributed by atoms with Crippen molar-refractivity contribution in [2.45, 2.75) is 12.6 Å². The van der Waals surface area contributed by atoms with Crippen molar-refractivity contribution in [3.8, 4) is 11.4 Å². The molecule has 2 aromatic rings. The van der Waals surface area contributed by atoms with Crippen molar-refractivity contribution < 1.29 is 23.0 Å². The summed E-state index contributed by atoms with van der Waals surface area (Å²) < 4.78 is 45.7. The number of rotatable bonds is 4. The summed E-state index contributed by atoms with van der Waals surface area (Å²) in [7, 11) is 0. The highest BCUT2D eigenvalue weighted by Gasteiger charge is 2.31. The molecule has 1 aromatic carbocycles. The fourth-order valence-electron chi connectivity index (χ4n) is 2.33. The number of alkyl halides is 3. The number of nitrogens with zero attached hydrogens (tertiary/aromatic N) is 3. The molecule has 1 aromatic heterocycles. The summed E-state index contributed by atoms with van der Waals surface area (Å²) in [6.07, 6.45) is 1.22. The molecular formula is C16H14F3N3O2. The number of hydrogen-bond donors (Lipinski definition) is 1. The molecule has 0 fully saturated rings. The maximum Gasteiger partial charge on any atom is 0.416 e. The van der Waals surface area contributed by atoms with Gasteiger partial charge in [-0.3, -0.25) is 4.57 Å². The Morgan fingerprint density at radius 2 is 2.08 bits per heavy atom. The van der Waals surface area contributed by atoms with Gasteiger partial charge in [-0.15, -0.1) is 10.2 Å². The molecule has 0 unspecified atom stereocenters. The minimum absolute atomic E-state index is 0.128. The van der Waals surface area contributed by atoms with Gasteiger partial charge in [-0.2, -0.15) is 13.2 Å². The second kappa shape index (κ2) is 6.48. The van der Waals surface area contributed by atoms with Gasteiger partial charge in [-0.25, -0.2) is 0 Å². The Bertz CT molecular complexity index is 794. The van der Waals surface area contributed by atoms with E-state index in [1.807, 2.05) is 6.08 Å². The van der Waals surface area contributed by atoms with E-state index in [0.29, 0.717) is 23.6 Å². The molecule has 0 saturated carbocycles. The van der Waals surface area contributed by atoms with Crippen molar-refractivity contribution in [3.63, 3.8) is 0 Å². The molecule has 0 saturated heterocycles. The molecular weight excluding hydrogens is 323 g/mol. The maximum atomic E-state index is 12.9. The average molecular weight is 337 g/mol. The van der Waals surface area contributed by atoms with Crippen LogP contribution in [0.4, 0.5) is 13.2 Å². The zero-order valence-corrected chi connectivity index (χ0v) is 12.5. The van der Waals surface area contributed by atoms with Gasteiger partial charge in [-0.1, -0.05) is 18.2 Å². The van der Waals surface area contributed by atoms with Gasteiger partial charge in [-0.05, 0) is 18.2 Å². The first-order valence-electron chi connectivity index (χ1n) is 7.22. The van der Waals surface area contributed by atoms with Crippen molar-refractivity contribution in [2.24, 2.45) is 0 Å². The highest BCUT2D eigenvalue weighted by Crippen LogP contribution is 2.32. The molecule has 0 aliphatic carbocycles. The number of fused-ring (bicyclic) bond motifs is 1. The normalized spacial score (nSPS) is 14.1. The van der Waals surface area contributed by atoms with Crippen LogP contribution in [0.25, 0.3) is 23.7 Å². The fourth-order valence-corrected chi connectivity index (χ4v) is 2.33. The number of hydrogen-bond acceptors (Lipinski definition) is 4. The molecule has 5 nitrogen and oxygen atoms in total. The third-order valence-corrected chi connectivity index (χ3v) is 3.41. The number of benzene rings is 1. The van der Waals surface area contributed by atoms with E-state index in [4.69, 9.17) is 9.84 Å². The van der Waals surface area contributed by atoms with E-state index in [-0.39, 0.29) is 19.0 Å². The molecule has 1 N–H and O–H groups in total. The molecule has 0 spiro atoms. The fraction of sp³-hybridized carbons (Fsp3) is 0.250. The van der Waals surface area contributed by atoms with Gasteiger partial charge in [0.2, 0.25) is 0 Å². The summed E-state index contributed by atoms with van der Waals surface area (Å²) >= 11 is 0. The molecule has 0 atom stereocenters. The number of aliphatic hydroxyl groups excluding tert-OH is 1. The average Bonchev–Trinajstić information content (AvgIpc) is 2.83. The van der Waals surface area contributed by atoms with Gasteiger partial charge in [0, 0.05) is 12.0 Å². The van der Waals surface area contributed by atoms with E-state index < -0.39 is 11.7 Å². The van der Waals surface area contributed by atoms with E-state index in [2.05, 4.69) is 10.2 Å². The molecule has 2 heterocycles. The maximum absolute atomic E-state index is 12.9. The minimum Gasteiger partial charge on any atom is -0.494 e. The van der Waals surface area contributed by atoms with Gasteiger partial charge in [0.25, 0.3) is 0 Å². The lowest BCUT2D eigenvalue weighted by molar-refractivity contribution is -0.137. The second-order valence-electron chi connectivity index (χ2n) is 5.10. The topological polar surface area (TPSA) is 60.2 Å². The van der Waals surface area contributed by atoms with Crippen LogP contribution in [0.1, 0.15) is 17.8 Å². The largest absolute Gasteiger partial charge is 0.494 e. The Morgan fingerprint density at radius 3 is 2.83 bits per heavy atom. The van der Waals surface area contributed by atoms with E-state index in [0.717, 1.165) is 12.1 Å². The van der Waals surface area contributed by atoms with Crippen LogP contribution in [-0.2, 0) is 10.9 Å². The summed E-state index contributed by atoms with van der Waals surface area (Å²) in [5, 5.41) is 16.8. The van der Waals surface area contributed by atoms with Crippen molar-refractivity contribution in [1.82, 2.24) is 14.8 Å². The molecule has 0 amide bonds. The third-order valence-electron chi connectivity index (χ3n) is 3.41. The van der Waals surface area contributed by atoms with Crippen LogP contribution in [-0.4, -0.2) is 33.1 Å². The molecule has 0 bridgehead atoms. The summed E-state index contributed by atoms with van der Waals surface area (Å²) in [6, 6.07) is 4.92. The van der Waals surface area contributed by atoms with Crippen molar-refractivity contribution in [2.75, 3.05) is 13.2 Å². The predicted molar refractivity (Wildman–Crippen MR) is 81.4 cm³/mol. The second-order valence-corrected chi connectivity index (χ2v) is 5.10. The van der Waals surface area contributed by atoms with Gasteiger partial charge in [0.1, 0.15) is 12.4 Å². The quantitative estimate of drug-likeness (QED) is 0.931. The highest BCUT2D eigenvalue weighted by molar-refractivity contribution is 5.63. The molecule has 1 aliphatic rings. The molecule has 1 aliphatic heterocycles. The molecule has 126 valence electrons. The van der Waals surface area contributed by atoms with Crippen LogP contribution < -0.4 is 0 Å². The summed E-state index contributed by atoms with van der Waals surface area (Å²) in [4.78, 5) is 0. The number of ether oxygens (including phenoxy) is 1. The van der Waals surface area contributed by atoms with E-state index in [9.17, 15) is 13.2 Å². The van der Waals surface area contributed by atoms with Crippen molar-refractivity contribution >= 4 is 12.3 Å². The monoisotopic (exact) mass is 337 g/mol. The zero-order chi connectivity index (χ0) is 17.2. The molecule has 3 rings (SSSR count). The SMILES string of the molecule is OCCOC1=Cn2c(nnc2-c2cccc(C(F)(F)F)c2)C=CC1. The summed E-state index contributed by atoms with van der Waals surface area (Å²) in [6.45, 7) is 0.00655. The lowest BCUT2D eigenvalue weighted by Crippen LogP contribution is -2.05. The summed E-state index contributed by atoms with van der Waals surface area (Å²) in [5.41, 5.74) is -0.445. The molecule has 0 radical (unpaired) electrons. The van der Waals surface area contributed by atoms with E-state index in [1.165, 1.54) is 6.07 Å². The predicted octanol–water partition coefficient (Wildman–Crippen LogP) is 3.19. The molecule has 24 heavy (non-hydrogen) atoms. The van der Waals surface area contributed by atoms with E-state index >= 15 is 0 Å². The van der Waals surface area contributed by atoms with Gasteiger partial charge in [0.05, 0.1) is 18.4 Å². The Balaban J connectivity index is 2.03. The number of allylic oxidation sites excluding steroid dienone is 1. The van der Waals surface area contributed by atoms with Crippen molar-refractivity contribution in [3.05, 3.63) is 47.5 Å². The molecule has 8 heteroatoms. The summed E-state index contributed by atoms with van der Waals surface area (Å²) in [5.74, 6) is 1.34. The number of aliphatic hydroxyl groups is 1. The minimum atomic E-state index is -4.43. The first-order chi connectivity index (χ1) is 11.5. The van der Waals surface area contributed by atoms with Gasteiger partial charge < -0.3 is 9.84 Å². The zero-order valence-electron chi connectivity index (χ0n) is 12.5. The Labute approximate surface area is 135 Å². The Morgan fingerprint density at radius 1 is 1.25 bits per heavy atom. The van der Waals surface area contributed by atoms with Crippen LogP contribution in [0.2, 0.25) is 0 Å². The van der Waals surface area contributed by atoms with Gasteiger partial charge in [0.15, 0.2) is 11.6 Å². The van der Waals surface area contributed by atoms with Crippen LogP contribution in [0.15, 0.2) is 36.1 Å². The third kappa shape index (κ3) is 3.33. The first kappa shape index (κ1) is 16.3. The van der Waals surface area contributed by atoms with Gasteiger partial charge >= 0.3 is 6.18 Å². The van der Waals surface area contributed by atoms with Crippen LogP contribution >= 0.6 is 0 Å². The first-order valence-corrected chi connectivity index (χ1v) is 7.22. The lowest BCUT2D eigenvalue weighted by Gasteiger charge is -2.10. The Hall–Kier alpha value is -2.61. The standard InChI is InChI=1S/C16H14F3N3O2/c17-16(18,19)12-4-1-3-11(9-12)15-21-20-14-6-2-5-13(10-22(14)15)24-8-7-23/h1-4,6,9-10,23H,5,7-8H2. The number of aromatic nitrogens is 3. The van der Waals surface area contributed by atoms with Crippen LogP contribution in [0.5, 0.6) is 0 Å². The lowest BCUT2D eigenvalue weighted by atomic mass is 10.1. The van der Waals surface area contributed by atoms with E-state index in [1.54, 1.807) is 22.9 Å². The Kier molecular flexibility index (Phi) is 4.39.